The van der Waals surface area contributed by atoms with Crippen molar-refractivity contribution in [2.75, 3.05) is 10.0 Å². The lowest BCUT2D eigenvalue weighted by Gasteiger charge is -2.12. The summed E-state index contributed by atoms with van der Waals surface area (Å²) in [5.74, 6) is -2.86. The first-order valence-corrected chi connectivity index (χ1v) is 12.4. The van der Waals surface area contributed by atoms with Crippen LogP contribution < -0.4 is 14.8 Å². The summed E-state index contributed by atoms with van der Waals surface area (Å²) >= 11 is 0. The van der Waals surface area contributed by atoms with Crippen LogP contribution in [-0.4, -0.2) is 36.9 Å². The number of carboxylic acid groups (broad SMARTS) is 1. The molecule has 0 atom stereocenters. The number of aromatic carboxylic acids is 1. The number of para-hydroxylation sites is 1. The second-order valence-electron chi connectivity index (χ2n) is 7.88. The number of nitriles is 1. The summed E-state index contributed by atoms with van der Waals surface area (Å²) in [6.45, 7) is 0. The Labute approximate surface area is 223 Å². The molecule has 0 unspecified atom stereocenters. The molecule has 4 rings (SSSR count). The summed E-state index contributed by atoms with van der Waals surface area (Å²) in [6, 6.07) is 16.1. The van der Waals surface area contributed by atoms with E-state index in [1.54, 1.807) is 12.1 Å². The summed E-state index contributed by atoms with van der Waals surface area (Å²) in [7, 11) is -4.28. The molecular weight excluding hydrogens is 557 g/mol. The van der Waals surface area contributed by atoms with Crippen molar-refractivity contribution in [1.29, 1.82) is 5.26 Å². The highest BCUT2D eigenvalue weighted by Gasteiger charge is 2.31. The maximum absolute atomic E-state index is 12.9. The van der Waals surface area contributed by atoms with E-state index in [9.17, 15) is 36.3 Å². The van der Waals surface area contributed by atoms with E-state index in [2.05, 4.69) is 19.9 Å². The van der Waals surface area contributed by atoms with Crippen LogP contribution in [0.1, 0.15) is 26.4 Å². The zero-order valence-corrected chi connectivity index (χ0v) is 20.6. The minimum Gasteiger partial charge on any atom is -0.478 e. The third-order valence-electron chi connectivity index (χ3n) is 5.17. The fourth-order valence-electron chi connectivity index (χ4n) is 3.41. The monoisotopic (exact) mass is 572 g/mol. The number of carboxylic acids is 1. The number of halogens is 3. The van der Waals surface area contributed by atoms with Gasteiger partial charge in [-0.15, -0.1) is 13.2 Å². The van der Waals surface area contributed by atoms with E-state index in [1.807, 2.05) is 0 Å². The van der Waals surface area contributed by atoms with Gasteiger partial charge in [-0.2, -0.15) is 5.26 Å². The number of hydrogen-bond acceptors (Lipinski definition) is 8. The highest BCUT2D eigenvalue weighted by Crippen LogP contribution is 2.31. The molecule has 0 spiro atoms. The molecule has 0 bridgehead atoms. The van der Waals surface area contributed by atoms with Crippen LogP contribution in [0.3, 0.4) is 0 Å². The number of alkyl halides is 3. The van der Waals surface area contributed by atoms with Gasteiger partial charge in [-0.1, -0.05) is 17.3 Å². The molecule has 0 aliphatic carbocycles. The molecule has 1 amide bonds. The van der Waals surface area contributed by atoms with E-state index in [0.29, 0.717) is 0 Å². The predicted molar refractivity (Wildman–Crippen MR) is 132 cm³/mol. The number of ether oxygens (including phenoxy) is 1. The van der Waals surface area contributed by atoms with Crippen molar-refractivity contribution in [3.8, 4) is 23.1 Å². The first-order valence-electron chi connectivity index (χ1n) is 10.9. The summed E-state index contributed by atoms with van der Waals surface area (Å²) in [4.78, 5) is 23.9. The third-order valence-corrected chi connectivity index (χ3v) is 6.56. The van der Waals surface area contributed by atoms with Gasteiger partial charge in [0.05, 0.1) is 33.5 Å². The Morgan fingerprint density at radius 3 is 2.35 bits per heavy atom. The molecule has 1 heterocycles. The lowest BCUT2D eigenvalue weighted by molar-refractivity contribution is -0.274. The quantitative estimate of drug-likeness (QED) is 0.266. The molecular formula is C25H15F3N4O7S. The van der Waals surface area contributed by atoms with Crippen molar-refractivity contribution in [3.63, 3.8) is 0 Å². The Hall–Kier alpha value is -5.36. The number of sulfonamides is 1. The second kappa shape index (κ2) is 10.8. The number of aromatic nitrogens is 1. The van der Waals surface area contributed by atoms with E-state index in [4.69, 9.17) is 9.78 Å². The van der Waals surface area contributed by atoms with Crippen molar-refractivity contribution in [1.82, 2.24) is 5.16 Å². The van der Waals surface area contributed by atoms with Gasteiger partial charge in [0.1, 0.15) is 5.75 Å². The predicted octanol–water partition coefficient (Wildman–Crippen LogP) is 4.86. The molecule has 1 aromatic heterocycles. The Balaban J connectivity index is 1.56. The lowest BCUT2D eigenvalue weighted by Crippen LogP contribution is -2.17. The van der Waals surface area contributed by atoms with E-state index in [-0.39, 0.29) is 44.4 Å². The summed E-state index contributed by atoms with van der Waals surface area (Å²) in [6.07, 6.45) is -4.94. The maximum atomic E-state index is 12.9. The minimum absolute atomic E-state index is 0.00137. The highest BCUT2D eigenvalue weighted by molar-refractivity contribution is 7.92. The molecule has 0 fully saturated rings. The molecule has 0 saturated heterocycles. The topological polar surface area (TPSA) is 172 Å². The first kappa shape index (κ1) is 27.7. The Morgan fingerprint density at radius 2 is 1.70 bits per heavy atom. The molecule has 3 aromatic carbocycles. The van der Waals surface area contributed by atoms with Gasteiger partial charge in [-0.3, -0.25) is 9.52 Å². The number of carbonyl (C=O) groups excluding carboxylic acids is 1. The first-order chi connectivity index (χ1) is 18.9. The Bertz CT molecular complexity index is 1750. The zero-order valence-electron chi connectivity index (χ0n) is 19.8. The van der Waals surface area contributed by atoms with E-state index >= 15 is 0 Å². The normalized spacial score (nSPS) is 11.3. The third kappa shape index (κ3) is 6.37. The van der Waals surface area contributed by atoms with Crippen LogP contribution in [-0.2, 0) is 10.0 Å². The molecule has 40 heavy (non-hydrogen) atoms. The lowest BCUT2D eigenvalue weighted by atomic mass is 10.1. The summed E-state index contributed by atoms with van der Waals surface area (Å²) < 4.78 is 74.2. The molecule has 0 aliphatic rings. The van der Waals surface area contributed by atoms with Crippen LogP contribution in [0, 0.1) is 11.3 Å². The molecule has 204 valence electrons. The molecule has 0 saturated carbocycles. The van der Waals surface area contributed by atoms with Gasteiger partial charge in [-0.25, -0.2) is 13.2 Å². The van der Waals surface area contributed by atoms with E-state index < -0.39 is 34.0 Å². The van der Waals surface area contributed by atoms with Crippen LogP contribution >= 0.6 is 0 Å². The Kier molecular flexibility index (Phi) is 7.46. The van der Waals surface area contributed by atoms with Gasteiger partial charge in [-0.05, 0) is 54.6 Å². The molecule has 0 radical (unpaired) electrons. The average Bonchev–Trinajstić information content (AvgIpc) is 3.39. The van der Waals surface area contributed by atoms with Crippen molar-refractivity contribution in [2.45, 2.75) is 11.3 Å². The number of benzene rings is 3. The second-order valence-corrected chi connectivity index (χ2v) is 9.56. The van der Waals surface area contributed by atoms with E-state index in [0.717, 1.165) is 30.3 Å². The standard InChI is InChI=1S/C25H15F3N4O7S/c26-25(27,28)38-15-6-8-16(9-7-15)40(36,37)32-20-4-2-1-3-17(20)22-12-21(31-39-22)23(33)30-19-10-5-14(13-29)11-18(19)24(34)35/h1-12,32H,(H,30,33)(H,34,35). The number of rotatable bonds is 8. The summed E-state index contributed by atoms with van der Waals surface area (Å²) in [5.41, 5.74) is -0.451. The maximum Gasteiger partial charge on any atom is 0.573 e. The van der Waals surface area contributed by atoms with Gasteiger partial charge in [0.2, 0.25) is 0 Å². The molecule has 11 nitrogen and oxygen atoms in total. The smallest absolute Gasteiger partial charge is 0.478 e. The highest BCUT2D eigenvalue weighted by atomic mass is 32.2. The van der Waals surface area contributed by atoms with Gasteiger partial charge >= 0.3 is 12.3 Å². The Morgan fingerprint density at radius 1 is 1.00 bits per heavy atom. The van der Waals surface area contributed by atoms with Crippen molar-refractivity contribution in [2.24, 2.45) is 0 Å². The van der Waals surface area contributed by atoms with Gasteiger partial charge in [0.15, 0.2) is 11.5 Å². The van der Waals surface area contributed by atoms with Crippen LogP contribution in [0.4, 0.5) is 24.5 Å². The fourth-order valence-corrected chi connectivity index (χ4v) is 4.49. The van der Waals surface area contributed by atoms with Gasteiger partial charge < -0.3 is 19.7 Å². The fraction of sp³-hybridized carbons (Fsp3) is 0.0400. The summed E-state index contributed by atoms with van der Waals surface area (Å²) in [5, 5.41) is 24.4. The number of hydrogen-bond donors (Lipinski definition) is 3. The van der Waals surface area contributed by atoms with Crippen LogP contribution in [0.15, 0.2) is 82.2 Å². The molecule has 15 heteroatoms. The largest absolute Gasteiger partial charge is 0.573 e. The molecule has 3 N–H and O–H groups in total. The van der Waals surface area contributed by atoms with E-state index in [1.165, 1.54) is 36.4 Å². The number of carbonyl (C=O) groups is 2. The number of nitrogens with one attached hydrogen (secondary N) is 2. The molecule has 0 aliphatic heterocycles. The van der Waals surface area contributed by atoms with Crippen LogP contribution in [0.5, 0.6) is 5.75 Å². The number of amides is 1. The minimum atomic E-state index is -4.94. The van der Waals surface area contributed by atoms with Gasteiger partial charge in [0.25, 0.3) is 15.9 Å². The SMILES string of the molecule is N#Cc1ccc(NC(=O)c2cc(-c3ccccc3NS(=O)(=O)c3ccc(OC(F)(F)F)cc3)on2)c(C(=O)O)c1. The van der Waals surface area contributed by atoms with Gasteiger partial charge in [0, 0.05) is 11.6 Å². The van der Waals surface area contributed by atoms with Crippen LogP contribution in [0.25, 0.3) is 11.3 Å². The van der Waals surface area contributed by atoms with Crippen molar-refractivity contribution < 1.29 is 45.5 Å². The van der Waals surface area contributed by atoms with Crippen molar-refractivity contribution in [3.05, 3.63) is 89.6 Å². The number of anilines is 2. The molecule has 4 aromatic rings. The van der Waals surface area contributed by atoms with Crippen molar-refractivity contribution >= 4 is 33.3 Å². The number of nitrogens with zero attached hydrogens (tertiary/aromatic N) is 2. The zero-order chi connectivity index (χ0) is 29.1. The average molecular weight is 572 g/mol. The van der Waals surface area contributed by atoms with Crippen LogP contribution in [0.2, 0.25) is 0 Å².